The van der Waals surface area contributed by atoms with E-state index in [0.717, 1.165) is 5.01 Å². The molecule has 12 heavy (non-hydrogen) atoms. The van der Waals surface area contributed by atoms with Gasteiger partial charge in [-0.15, -0.1) is 11.3 Å². The third kappa shape index (κ3) is 2.88. The Hall–Kier alpha value is -0.460. The molecule has 0 aliphatic heterocycles. The molecule has 0 aliphatic rings. The second-order valence-electron chi connectivity index (χ2n) is 2.15. The smallest absolute Gasteiger partial charge is 0.211 e. The largest absolute Gasteiger partial charge is 0.248 e. The summed E-state index contributed by atoms with van der Waals surface area (Å²) >= 11 is 1.44. The van der Waals surface area contributed by atoms with Gasteiger partial charge in [-0.25, -0.2) is 18.1 Å². The summed E-state index contributed by atoms with van der Waals surface area (Å²) in [4.78, 5) is 3.95. The molecule has 0 atom stereocenters. The van der Waals surface area contributed by atoms with Crippen molar-refractivity contribution in [3.63, 3.8) is 0 Å². The Morgan fingerprint density at radius 3 is 2.92 bits per heavy atom. The van der Waals surface area contributed by atoms with Crippen LogP contribution in [-0.4, -0.2) is 19.2 Å². The molecular formula is C6H10N2O2S2. The highest BCUT2D eigenvalue weighted by atomic mass is 32.2. The Labute approximate surface area is 75.7 Å². The van der Waals surface area contributed by atoms with E-state index in [1.165, 1.54) is 11.3 Å². The molecule has 0 saturated carbocycles. The average Bonchev–Trinajstić information content (AvgIpc) is 2.53. The molecule has 1 rings (SSSR count). The lowest BCUT2D eigenvalue weighted by Gasteiger charge is -2.00. The van der Waals surface area contributed by atoms with Crippen LogP contribution in [0.4, 0.5) is 0 Å². The predicted octanol–water partition coefficient (Wildman–Crippen LogP) is 0.582. The minimum atomic E-state index is -3.08. The fraction of sp³-hybridized carbons (Fsp3) is 0.500. The van der Waals surface area contributed by atoms with Crippen molar-refractivity contribution in [1.29, 1.82) is 0 Å². The van der Waals surface area contributed by atoms with Crippen molar-refractivity contribution in [2.24, 2.45) is 0 Å². The molecule has 0 aliphatic carbocycles. The molecule has 0 radical (unpaired) electrons. The lowest BCUT2D eigenvalue weighted by Crippen LogP contribution is -2.24. The summed E-state index contributed by atoms with van der Waals surface area (Å²) in [5, 5.41) is 2.60. The molecule has 1 heterocycles. The Balaban J connectivity index is 2.47. The van der Waals surface area contributed by atoms with Gasteiger partial charge in [0.25, 0.3) is 0 Å². The molecule has 0 fully saturated rings. The van der Waals surface area contributed by atoms with Gasteiger partial charge in [-0.2, -0.15) is 0 Å². The molecule has 0 saturated heterocycles. The van der Waals surface area contributed by atoms with Crippen LogP contribution in [0.3, 0.4) is 0 Å². The number of nitrogens with zero attached hydrogens (tertiary/aromatic N) is 1. The second-order valence-corrected chi connectivity index (χ2v) is 5.23. The van der Waals surface area contributed by atoms with E-state index < -0.39 is 10.0 Å². The molecule has 1 aromatic heterocycles. The maximum Gasteiger partial charge on any atom is 0.211 e. The van der Waals surface area contributed by atoms with Crippen molar-refractivity contribution < 1.29 is 8.42 Å². The van der Waals surface area contributed by atoms with Gasteiger partial charge < -0.3 is 0 Å². The summed E-state index contributed by atoms with van der Waals surface area (Å²) in [6.45, 7) is 1.90. The van der Waals surface area contributed by atoms with E-state index in [2.05, 4.69) is 9.71 Å². The van der Waals surface area contributed by atoms with Crippen LogP contribution in [-0.2, 0) is 16.6 Å². The minimum Gasteiger partial charge on any atom is -0.248 e. The fourth-order valence-corrected chi connectivity index (χ4v) is 1.82. The van der Waals surface area contributed by atoms with Gasteiger partial charge in [0.1, 0.15) is 5.01 Å². The molecule has 0 bridgehead atoms. The number of thiazole rings is 1. The fourth-order valence-electron chi connectivity index (χ4n) is 0.614. The van der Waals surface area contributed by atoms with Crippen molar-refractivity contribution in [3.8, 4) is 0 Å². The Bertz CT molecular complexity index is 317. The summed E-state index contributed by atoms with van der Waals surface area (Å²) < 4.78 is 24.4. The van der Waals surface area contributed by atoms with E-state index in [1.807, 2.05) is 5.38 Å². The number of hydrogen-bond acceptors (Lipinski definition) is 4. The van der Waals surface area contributed by atoms with Crippen LogP contribution < -0.4 is 4.72 Å². The standard InChI is InChI=1S/C6H10N2O2S2/c1-2-12(9,10)8-5-6-7-3-4-11-6/h3-4,8H,2,5H2,1H3. The minimum absolute atomic E-state index is 0.109. The van der Waals surface area contributed by atoms with Gasteiger partial charge in [0.05, 0.1) is 12.3 Å². The monoisotopic (exact) mass is 206 g/mol. The zero-order valence-electron chi connectivity index (χ0n) is 6.65. The highest BCUT2D eigenvalue weighted by Crippen LogP contribution is 2.03. The number of sulfonamides is 1. The van der Waals surface area contributed by atoms with E-state index >= 15 is 0 Å². The molecule has 0 spiro atoms. The van der Waals surface area contributed by atoms with E-state index in [9.17, 15) is 8.42 Å². The van der Waals surface area contributed by atoms with Gasteiger partial charge in [0, 0.05) is 11.6 Å². The maximum absolute atomic E-state index is 11.0. The van der Waals surface area contributed by atoms with Crippen molar-refractivity contribution in [1.82, 2.24) is 9.71 Å². The Morgan fingerprint density at radius 2 is 2.42 bits per heavy atom. The predicted molar refractivity (Wildman–Crippen MR) is 48.4 cm³/mol. The van der Waals surface area contributed by atoms with Crippen LogP contribution in [0.1, 0.15) is 11.9 Å². The van der Waals surface area contributed by atoms with E-state index in [1.54, 1.807) is 13.1 Å². The molecule has 6 heteroatoms. The quantitative estimate of drug-likeness (QED) is 0.784. The van der Waals surface area contributed by atoms with Crippen LogP contribution in [0.25, 0.3) is 0 Å². The SMILES string of the molecule is CCS(=O)(=O)NCc1nccs1. The van der Waals surface area contributed by atoms with Gasteiger partial charge >= 0.3 is 0 Å². The number of aromatic nitrogens is 1. The first-order valence-electron chi connectivity index (χ1n) is 3.50. The van der Waals surface area contributed by atoms with Gasteiger partial charge in [0.15, 0.2) is 0 Å². The van der Waals surface area contributed by atoms with Crippen molar-refractivity contribution in [2.45, 2.75) is 13.5 Å². The molecule has 1 N–H and O–H groups in total. The lowest BCUT2D eigenvalue weighted by atomic mass is 10.7. The summed E-state index contributed by atoms with van der Waals surface area (Å²) in [5.41, 5.74) is 0. The van der Waals surface area contributed by atoms with Gasteiger partial charge in [-0.1, -0.05) is 0 Å². The average molecular weight is 206 g/mol. The molecule has 4 nitrogen and oxygen atoms in total. The highest BCUT2D eigenvalue weighted by molar-refractivity contribution is 7.89. The lowest BCUT2D eigenvalue weighted by molar-refractivity contribution is 0.582. The zero-order valence-corrected chi connectivity index (χ0v) is 8.28. The Morgan fingerprint density at radius 1 is 1.67 bits per heavy atom. The second kappa shape index (κ2) is 3.97. The number of hydrogen-bond donors (Lipinski definition) is 1. The van der Waals surface area contributed by atoms with E-state index in [4.69, 9.17) is 0 Å². The van der Waals surface area contributed by atoms with Crippen molar-refractivity contribution in [3.05, 3.63) is 16.6 Å². The van der Waals surface area contributed by atoms with Gasteiger partial charge in [-0.3, -0.25) is 0 Å². The molecule has 0 amide bonds. The van der Waals surface area contributed by atoms with Gasteiger partial charge in [0.2, 0.25) is 10.0 Å². The molecule has 68 valence electrons. The molecule has 0 aromatic carbocycles. The molecule has 0 unspecified atom stereocenters. The van der Waals surface area contributed by atoms with Crippen LogP contribution in [0.5, 0.6) is 0 Å². The summed E-state index contributed by atoms with van der Waals surface area (Å²) in [7, 11) is -3.08. The van der Waals surface area contributed by atoms with Crippen LogP contribution in [0.2, 0.25) is 0 Å². The number of nitrogens with one attached hydrogen (secondary N) is 1. The maximum atomic E-state index is 11.0. The highest BCUT2D eigenvalue weighted by Gasteiger charge is 2.06. The summed E-state index contributed by atoms with van der Waals surface area (Å²) in [6.07, 6.45) is 1.65. The third-order valence-electron chi connectivity index (χ3n) is 1.31. The summed E-state index contributed by atoms with van der Waals surface area (Å²) in [5.74, 6) is 0.109. The first-order chi connectivity index (χ1) is 5.64. The van der Waals surface area contributed by atoms with Crippen molar-refractivity contribution >= 4 is 21.4 Å². The van der Waals surface area contributed by atoms with Gasteiger partial charge in [-0.05, 0) is 6.92 Å². The van der Waals surface area contributed by atoms with E-state index in [0.29, 0.717) is 6.54 Å². The van der Waals surface area contributed by atoms with Crippen LogP contribution >= 0.6 is 11.3 Å². The van der Waals surface area contributed by atoms with E-state index in [-0.39, 0.29) is 5.75 Å². The first kappa shape index (κ1) is 9.63. The van der Waals surface area contributed by atoms with Crippen LogP contribution in [0, 0.1) is 0 Å². The molecule has 1 aromatic rings. The molecular weight excluding hydrogens is 196 g/mol. The number of rotatable bonds is 4. The Kier molecular flexibility index (Phi) is 3.19. The van der Waals surface area contributed by atoms with Crippen molar-refractivity contribution in [2.75, 3.05) is 5.75 Å². The van der Waals surface area contributed by atoms with Crippen LogP contribution in [0.15, 0.2) is 11.6 Å². The zero-order chi connectivity index (χ0) is 9.03. The topological polar surface area (TPSA) is 59.1 Å². The summed E-state index contributed by atoms with van der Waals surface area (Å²) in [6, 6.07) is 0. The first-order valence-corrected chi connectivity index (χ1v) is 6.03. The normalized spacial score (nSPS) is 11.8. The third-order valence-corrected chi connectivity index (χ3v) is 3.43.